The van der Waals surface area contributed by atoms with Crippen molar-refractivity contribution in [1.29, 1.82) is 0 Å². The Balaban J connectivity index is 3.16. The van der Waals surface area contributed by atoms with Crippen molar-refractivity contribution < 1.29 is 9.84 Å². The summed E-state index contributed by atoms with van der Waals surface area (Å²) >= 11 is 3.39. The molecule has 0 saturated heterocycles. The van der Waals surface area contributed by atoms with Crippen LogP contribution in [0, 0.1) is 0 Å². The second-order valence-corrected chi connectivity index (χ2v) is 3.32. The van der Waals surface area contributed by atoms with E-state index in [0.717, 1.165) is 16.5 Å². The number of ether oxygens (including phenoxy) is 1. The molecule has 1 aromatic rings. The standard InChI is InChI=1S/C9H11BrO2/c1-3-6-4-8(11)9(12-2)5-7(6)10/h4-5,11H,3H2,1-2H3. The van der Waals surface area contributed by atoms with Gasteiger partial charge in [-0.2, -0.15) is 0 Å². The average molecular weight is 231 g/mol. The predicted molar refractivity (Wildman–Crippen MR) is 51.7 cm³/mol. The predicted octanol–water partition coefficient (Wildman–Crippen LogP) is 2.73. The smallest absolute Gasteiger partial charge is 0.161 e. The average Bonchev–Trinajstić information content (AvgIpc) is 2.08. The Bertz CT molecular complexity index is 254. The van der Waals surface area contributed by atoms with Crippen molar-refractivity contribution in [2.24, 2.45) is 0 Å². The Morgan fingerprint density at radius 1 is 1.50 bits per heavy atom. The molecule has 0 fully saturated rings. The fourth-order valence-electron chi connectivity index (χ4n) is 1.02. The number of phenolic OH excluding ortho intramolecular Hbond substituents is 1. The first-order chi connectivity index (χ1) is 5.69. The van der Waals surface area contributed by atoms with E-state index < -0.39 is 0 Å². The molecule has 66 valence electrons. The van der Waals surface area contributed by atoms with Gasteiger partial charge >= 0.3 is 0 Å². The Morgan fingerprint density at radius 3 is 2.67 bits per heavy atom. The molecule has 0 aromatic heterocycles. The van der Waals surface area contributed by atoms with Crippen molar-refractivity contribution >= 4 is 15.9 Å². The Kier molecular flexibility index (Phi) is 2.98. The van der Waals surface area contributed by atoms with Gasteiger partial charge in [-0.25, -0.2) is 0 Å². The number of methoxy groups -OCH3 is 1. The maximum Gasteiger partial charge on any atom is 0.161 e. The van der Waals surface area contributed by atoms with Gasteiger partial charge in [-0.1, -0.05) is 22.9 Å². The maximum absolute atomic E-state index is 9.40. The van der Waals surface area contributed by atoms with Crippen LogP contribution >= 0.6 is 15.9 Å². The zero-order chi connectivity index (χ0) is 9.14. The molecule has 1 N–H and O–H groups in total. The molecule has 0 saturated carbocycles. The lowest BCUT2D eigenvalue weighted by atomic mass is 10.1. The molecule has 0 amide bonds. The Morgan fingerprint density at radius 2 is 2.17 bits per heavy atom. The minimum Gasteiger partial charge on any atom is -0.504 e. The molecule has 0 radical (unpaired) electrons. The number of benzene rings is 1. The SMILES string of the molecule is CCc1cc(O)c(OC)cc1Br. The summed E-state index contributed by atoms with van der Waals surface area (Å²) in [7, 11) is 1.53. The second-order valence-electron chi connectivity index (χ2n) is 2.47. The largest absolute Gasteiger partial charge is 0.504 e. The van der Waals surface area contributed by atoms with Crippen LogP contribution < -0.4 is 4.74 Å². The highest BCUT2D eigenvalue weighted by molar-refractivity contribution is 9.10. The van der Waals surface area contributed by atoms with Crippen LogP contribution in [0.5, 0.6) is 11.5 Å². The van der Waals surface area contributed by atoms with Gasteiger partial charge in [0.1, 0.15) is 0 Å². The highest BCUT2D eigenvalue weighted by Gasteiger charge is 2.05. The quantitative estimate of drug-likeness (QED) is 0.847. The van der Waals surface area contributed by atoms with E-state index in [1.165, 1.54) is 7.11 Å². The van der Waals surface area contributed by atoms with Crippen LogP contribution in [-0.4, -0.2) is 12.2 Å². The molecule has 0 unspecified atom stereocenters. The molecule has 0 aliphatic heterocycles. The first-order valence-corrected chi connectivity index (χ1v) is 4.53. The molecule has 0 aliphatic carbocycles. The van der Waals surface area contributed by atoms with Crippen molar-refractivity contribution in [3.05, 3.63) is 22.2 Å². The third kappa shape index (κ3) is 1.72. The molecule has 2 nitrogen and oxygen atoms in total. The van der Waals surface area contributed by atoms with E-state index in [0.29, 0.717) is 5.75 Å². The van der Waals surface area contributed by atoms with Gasteiger partial charge in [0.15, 0.2) is 11.5 Å². The fourth-order valence-corrected chi connectivity index (χ4v) is 1.62. The number of aromatic hydroxyl groups is 1. The van der Waals surface area contributed by atoms with Crippen molar-refractivity contribution in [3.8, 4) is 11.5 Å². The number of phenols is 1. The van der Waals surface area contributed by atoms with E-state index in [1.807, 2.05) is 6.92 Å². The first-order valence-electron chi connectivity index (χ1n) is 3.74. The van der Waals surface area contributed by atoms with Gasteiger partial charge in [0, 0.05) is 4.47 Å². The van der Waals surface area contributed by atoms with Gasteiger partial charge in [-0.15, -0.1) is 0 Å². The number of hydrogen-bond acceptors (Lipinski definition) is 2. The van der Waals surface area contributed by atoms with Gasteiger partial charge in [-0.3, -0.25) is 0 Å². The third-order valence-corrected chi connectivity index (χ3v) is 2.47. The summed E-state index contributed by atoms with van der Waals surface area (Å²) in [4.78, 5) is 0. The highest BCUT2D eigenvalue weighted by Crippen LogP contribution is 2.32. The lowest BCUT2D eigenvalue weighted by molar-refractivity contribution is 0.373. The minimum absolute atomic E-state index is 0.192. The fraction of sp³-hybridized carbons (Fsp3) is 0.333. The molecule has 12 heavy (non-hydrogen) atoms. The normalized spacial score (nSPS) is 9.92. The number of halogens is 1. The van der Waals surface area contributed by atoms with Crippen molar-refractivity contribution in [2.75, 3.05) is 7.11 Å². The first kappa shape index (κ1) is 9.39. The monoisotopic (exact) mass is 230 g/mol. The molecule has 0 bridgehead atoms. The zero-order valence-electron chi connectivity index (χ0n) is 7.10. The minimum atomic E-state index is 0.192. The van der Waals surface area contributed by atoms with Crippen LogP contribution in [0.1, 0.15) is 12.5 Å². The van der Waals surface area contributed by atoms with Gasteiger partial charge in [0.25, 0.3) is 0 Å². The lowest BCUT2D eigenvalue weighted by Crippen LogP contribution is -1.87. The number of rotatable bonds is 2. The Labute approximate surface area is 80.3 Å². The molecule has 1 rings (SSSR count). The van der Waals surface area contributed by atoms with Gasteiger partial charge in [-0.05, 0) is 24.1 Å². The van der Waals surface area contributed by atoms with Gasteiger partial charge in [0.05, 0.1) is 7.11 Å². The summed E-state index contributed by atoms with van der Waals surface area (Å²) in [6.45, 7) is 2.03. The van der Waals surface area contributed by atoms with E-state index in [9.17, 15) is 5.11 Å². The van der Waals surface area contributed by atoms with Crippen LogP contribution in [-0.2, 0) is 6.42 Å². The third-order valence-electron chi connectivity index (χ3n) is 1.73. The van der Waals surface area contributed by atoms with Crippen molar-refractivity contribution in [2.45, 2.75) is 13.3 Å². The van der Waals surface area contributed by atoms with Crippen molar-refractivity contribution in [3.63, 3.8) is 0 Å². The van der Waals surface area contributed by atoms with E-state index >= 15 is 0 Å². The van der Waals surface area contributed by atoms with E-state index in [4.69, 9.17) is 4.74 Å². The van der Waals surface area contributed by atoms with E-state index in [1.54, 1.807) is 12.1 Å². The summed E-state index contributed by atoms with van der Waals surface area (Å²) in [5.74, 6) is 0.691. The second kappa shape index (κ2) is 3.81. The van der Waals surface area contributed by atoms with Gasteiger partial charge in [0.2, 0.25) is 0 Å². The summed E-state index contributed by atoms with van der Waals surface area (Å²) in [6.07, 6.45) is 0.887. The van der Waals surface area contributed by atoms with Crippen LogP contribution in [0.3, 0.4) is 0 Å². The molecule has 0 aliphatic rings. The van der Waals surface area contributed by atoms with Crippen LogP contribution in [0.15, 0.2) is 16.6 Å². The Hall–Kier alpha value is -0.700. The molecular weight excluding hydrogens is 220 g/mol. The van der Waals surface area contributed by atoms with E-state index in [2.05, 4.69) is 15.9 Å². The number of hydrogen-bond donors (Lipinski definition) is 1. The van der Waals surface area contributed by atoms with E-state index in [-0.39, 0.29) is 5.75 Å². The molecule has 0 spiro atoms. The molecule has 3 heteroatoms. The lowest BCUT2D eigenvalue weighted by Gasteiger charge is -2.06. The summed E-state index contributed by atoms with van der Waals surface area (Å²) in [5, 5.41) is 9.40. The summed E-state index contributed by atoms with van der Waals surface area (Å²) < 4.78 is 5.92. The molecule has 0 atom stereocenters. The van der Waals surface area contributed by atoms with Crippen LogP contribution in [0.4, 0.5) is 0 Å². The maximum atomic E-state index is 9.40. The van der Waals surface area contributed by atoms with Crippen LogP contribution in [0.2, 0.25) is 0 Å². The van der Waals surface area contributed by atoms with Gasteiger partial charge < -0.3 is 9.84 Å². The zero-order valence-corrected chi connectivity index (χ0v) is 8.68. The molecule has 0 heterocycles. The topological polar surface area (TPSA) is 29.5 Å². The molecular formula is C9H11BrO2. The number of aryl methyl sites for hydroxylation is 1. The summed E-state index contributed by atoms with van der Waals surface area (Å²) in [6, 6.07) is 3.48. The summed E-state index contributed by atoms with van der Waals surface area (Å²) in [5.41, 5.74) is 1.08. The molecule has 1 aromatic carbocycles. The highest BCUT2D eigenvalue weighted by atomic mass is 79.9. The van der Waals surface area contributed by atoms with Crippen LogP contribution in [0.25, 0.3) is 0 Å². The van der Waals surface area contributed by atoms with Crippen molar-refractivity contribution in [1.82, 2.24) is 0 Å².